The molecule has 19 heavy (non-hydrogen) atoms. The summed E-state index contributed by atoms with van der Waals surface area (Å²) in [6.07, 6.45) is 1.52. The number of nitrogens with two attached hydrogens (primary N) is 1. The van der Waals surface area contributed by atoms with Gasteiger partial charge in [0.25, 0.3) is 0 Å². The first-order chi connectivity index (χ1) is 9.06. The van der Waals surface area contributed by atoms with Crippen LogP contribution in [-0.4, -0.2) is 25.0 Å². The third-order valence-corrected chi connectivity index (χ3v) is 2.57. The number of hydrogen-bond acceptors (Lipinski definition) is 3. The number of carbonyl (C=O) groups excluding carboxylic acids is 2. The number of benzene rings is 1. The van der Waals surface area contributed by atoms with Crippen molar-refractivity contribution in [2.24, 2.45) is 5.73 Å². The molecule has 0 saturated carbocycles. The van der Waals surface area contributed by atoms with E-state index in [4.69, 9.17) is 5.73 Å². The Bertz CT molecular complexity index is 431. The molecule has 0 bridgehead atoms. The van der Waals surface area contributed by atoms with Gasteiger partial charge < -0.3 is 21.7 Å². The Morgan fingerprint density at radius 1 is 1.16 bits per heavy atom. The van der Waals surface area contributed by atoms with Gasteiger partial charge in [-0.3, -0.25) is 4.79 Å². The molecule has 0 spiro atoms. The molecule has 0 fully saturated rings. The topological polar surface area (TPSA) is 96.2 Å². The first-order valence-corrected chi connectivity index (χ1v) is 6.22. The second-order valence-electron chi connectivity index (χ2n) is 4.17. The van der Waals surface area contributed by atoms with Crippen LogP contribution in [0, 0.1) is 0 Å². The summed E-state index contributed by atoms with van der Waals surface area (Å²) >= 11 is 0. The summed E-state index contributed by atoms with van der Waals surface area (Å²) in [4.78, 5) is 22.8. The molecule has 0 heterocycles. The van der Waals surface area contributed by atoms with Crippen LogP contribution in [0.1, 0.15) is 19.8 Å². The van der Waals surface area contributed by atoms with Crippen LogP contribution in [-0.2, 0) is 4.79 Å². The van der Waals surface area contributed by atoms with Crippen molar-refractivity contribution in [1.29, 1.82) is 0 Å². The summed E-state index contributed by atoms with van der Waals surface area (Å²) in [5, 5.41) is 7.81. The SMILES string of the molecule is CCC[C@@H](N)C(=O)Nc1ccc(NC(=O)NC)cc1. The minimum Gasteiger partial charge on any atom is -0.341 e. The fourth-order valence-corrected chi connectivity index (χ4v) is 1.51. The maximum atomic E-state index is 11.7. The van der Waals surface area contributed by atoms with E-state index in [1.54, 1.807) is 31.3 Å². The molecule has 0 saturated heterocycles. The number of urea groups is 1. The van der Waals surface area contributed by atoms with Crippen LogP contribution in [0.4, 0.5) is 16.2 Å². The van der Waals surface area contributed by atoms with Crippen LogP contribution in [0.15, 0.2) is 24.3 Å². The number of carbonyl (C=O) groups is 2. The molecule has 0 unspecified atom stereocenters. The summed E-state index contributed by atoms with van der Waals surface area (Å²) in [6.45, 7) is 1.98. The van der Waals surface area contributed by atoms with Gasteiger partial charge in [-0.25, -0.2) is 4.79 Å². The van der Waals surface area contributed by atoms with Crippen LogP contribution < -0.4 is 21.7 Å². The quantitative estimate of drug-likeness (QED) is 0.649. The third-order valence-electron chi connectivity index (χ3n) is 2.57. The Balaban J connectivity index is 2.57. The minimum absolute atomic E-state index is 0.200. The first kappa shape index (κ1) is 15.0. The molecule has 1 aromatic carbocycles. The van der Waals surface area contributed by atoms with Gasteiger partial charge >= 0.3 is 6.03 Å². The van der Waals surface area contributed by atoms with Gasteiger partial charge in [-0.2, -0.15) is 0 Å². The predicted molar refractivity (Wildman–Crippen MR) is 76.0 cm³/mol. The number of nitrogens with one attached hydrogen (secondary N) is 3. The highest BCUT2D eigenvalue weighted by Gasteiger charge is 2.12. The van der Waals surface area contributed by atoms with Gasteiger partial charge in [0.15, 0.2) is 0 Å². The van der Waals surface area contributed by atoms with Crippen molar-refractivity contribution < 1.29 is 9.59 Å². The van der Waals surface area contributed by atoms with Gasteiger partial charge in [0.2, 0.25) is 5.91 Å². The molecule has 0 aliphatic heterocycles. The molecule has 1 rings (SSSR count). The number of anilines is 2. The molecule has 0 aromatic heterocycles. The van der Waals surface area contributed by atoms with Crippen LogP contribution in [0.5, 0.6) is 0 Å². The summed E-state index contributed by atoms with van der Waals surface area (Å²) in [5.74, 6) is -0.200. The number of hydrogen-bond donors (Lipinski definition) is 4. The van der Waals surface area contributed by atoms with E-state index in [9.17, 15) is 9.59 Å². The molecule has 0 aliphatic carbocycles. The zero-order valence-corrected chi connectivity index (χ0v) is 11.2. The monoisotopic (exact) mass is 264 g/mol. The van der Waals surface area contributed by atoms with Crippen molar-refractivity contribution in [3.8, 4) is 0 Å². The van der Waals surface area contributed by atoms with Crippen LogP contribution in [0.2, 0.25) is 0 Å². The highest BCUT2D eigenvalue weighted by Crippen LogP contribution is 2.13. The van der Waals surface area contributed by atoms with E-state index in [1.165, 1.54) is 0 Å². The molecule has 6 nitrogen and oxygen atoms in total. The van der Waals surface area contributed by atoms with E-state index in [2.05, 4.69) is 16.0 Å². The fourth-order valence-electron chi connectivity index (χ4n) is 1.51. The second-order valence-corrected chi connectivity index (χ2v) is 4.17. The van der Waals surface area contributed by atoms with E-state index < -0.39 is 6.04 Å². The lowest BCUT2D eigenvalue weighted by Crippen LogP contribution is -2.35. The molecule has 6 heteroatoms. The molecule has 1 atom stereocenters. The van der Waals surface area contributed by atoms with Crippen molar-refractivity contribution in [2.75, 3.05) is 17.7 Å². The van der Waals surface area contributed by atoms with Gasteiger partial charge in [0.05, 0.1) is 6.04 Å². The lowest BCUT2D eigenvalue weighted by molar-refractivity contribution is -0.117. The minimum atomic E-state index is -0.492. The van der Waals surface area contributed by atoms with Crippen LogP contribution >= 0.6 is 0 Å². The fraction of sp³-hybridized carbons (Fsp3) is 0.385. The lowest BCUT2D eigenvalue weighted by atomic mass is 10.1. The Hall–Kier alpha value is -2.08. The number of amides is 3. The average Bonchev–Trinajstić information content (AvgIpc) is 2.41. The van der Waals surface area contributed by atoms with Crippen molar-refractivity contribution in [3.05, 3.63) is 24.3 Å². The molecular weight excluding hydrogens is 244 g/mol. The second kappa shape index (κ2) is 7.38. The number of rotatable bonds is 5. The van der Waals surface area contributed by atoms with Crippen LogP contribution in [0.3, 0.4) is 0 Å². The summed E-state index contributed by atoms with van der Waals surface area (Å²) in [7, 11) is 1.54. The largest absolute Gasteiger partial charge is 0.341 e. The Morgan fingerprint density at radius 3 is 2.16 bits per heavy atom. The van der Waals surface area contributed by atoms with Gasteiger partial charge in [0, 0.05) is 18.4 Å². The summed E-state index contributed by atoms with van der Waals surface area (Å²) < 4.78 is 0. The van der Waals surface area contributed by atoms with Crippen LogP contribution in [0.25, 0.3) is 0 Å². The van der Waals surface area contributed by atoms with Crippen molar-refractivity contribution in [1.82, 2.24) is 5.32 Å². The van der Waals surface area contributed by atoms with Gasteiger partial charge in [-0.05, 0) is 30.7 Å². The zero-order valence-electron chi connectivity index (χ0n) is 11.2. The normalized spacial score (nSPS) is 11.5. The molecule has 104 valence electrons. The van der Waals surface area contributed by atoms with Gasteiger partial charge in [-0.15, -0.1) is 0 Å². The Labute approximate surface area is 112 Å². The standard InChI is InChI=1S/C13H20N4O2/c1-3-4-11(14)12(18)16-9-5-7-10(8-6-9)17-13(19)15-2/h5-8,11H,3-4,14H2,1-2H3,(H,16,18)(H2,15,17,19)/t11-/m1/s1. The summed E-state index contributed by atoms with van der Waals surface area (Å²) in [5.41, 5.74) is 7.01. The highest BCUT2D eigenvalue weighted by molar-refractivity contribution is 5.95. The first-order valence-electron chi connectivity index (χ1n) is 6.22. The van der Waals surface area contributed by atoms with E-state index in [-0.39, 0.29) is 11.9 Å². The van der Waals surface area contributed by atoms with Gasteiger partial charge in [0.1, 0.15) is 0 Å². The van der Waals surface area contributed by atoms with Crippen molar-refractivity contribution >= 4 is 23.3 Å². The molecule has 3 amide bonds. The molecule has 0 aliphatic rings. The zero-order chi connectivity index (χ0) is 14.3. The summed E-state index contributed by atoms with van der Waals surface area (Å²) in [6, 6.07) is 6.05. The predicted octanol–water partition coefficient (Wildman–Crippen LogP) is 1.50. The van der Waals surface area contributed by atoms with E-state index >= 15 is 0 Å². The highest BCUT2D eigenvalue weighted by atomic mass is 16.2. The third kappa shape index (κ3) is 4.97. The molecular formula is C13H20N4O2. The van der Waals surface area contributed by atoms with Crippen molar-refractivity contribution in [2.45, 2.75) is 25.8 Å². The van der Waals surface area contributed by atoms with E-state index in [0.717, 1.165) is 6.42 Å². The average molecular weight is 264 g/mol. The Kier molecular flexibility index (Phi) is 5.81. The van der Waals surface area contributed by atoms with E-state index in [1.807, 2.05) is 6.92 Å². The van der Waals surface area contributed by atoms with Crippen molar-refractivity contribution in [3.63, 3.8) is 0 Å². The van der Waals surface area contributed by atoms with E-state index in [0.29, 0.717) is 17.8 Å². The molecule has 0 radical (unpaired) electrons. The maximum Gasteiger partial charge on any atom is 0.318 e. The molecule has 1 aromatic rings. The molecule has 5 N–H and O–H groups in total. The lowest BCUT2D eigenvalue weighted by Gasteiger charge is -2.11. The Morgan fingerprint density at radius 2 is 1.68 bits per heavy atom. The maximum absolute atomic E-state index is 11.7. The van der Waals surface area contributed by atoms with Gasteiger partial charge in [-0.1, -0.05) is 13.3 Å². The smallest absolute Gasteiger partial charge is 0.318 e.